The maximum Gasteiger partial charge on any atom is 0.319 e. The third kappa shape index (κ3) is 8.15. The van der Waals surface area contributed by atoms with Gasteiger partial charge in [0.2, 0.25) is 0 Å². The van der Waals surface area contributed by atoms with Crippen LogP contribution in [0, 0.1) is 11.3 Å². The van der Waals surface area contributed by atoms with Crippen molar-refractivity contribution in [2.75, 3.05) is 0 Å². The number of carbonyl (C=O) groups is 1. The first-order valence-electron chi connectivity index (χ1n) is 6.68. The fourth-order valence-corrected chi connectivity index (χ4v) is 2.06. The van der Waals surface area contributed by atoms with E-state index >= 15 is 0 Å². The van der Waals surface area contributed by atoms with E-state index in [2.05, 4.69) is 59.1 Å². The van der Waals surface area contributed by atoms with Gasteiger partial charge in [-0.1, -0.05) is 40.2 Å². The number of hydrogen-bond donors (Lipinski definition) is 2. The van der Waals surface area contributed by atoms with Crippen LogP contribution in [0.25, 0.3) is 0 Å². The second-order valence-electron chi connectivity index (χ2n) is 7.26. The summed E-state index contributed by atoms with van der Waals surface area (Å²) in [6.07, 6.45) is 2.72. The number of nitrogens with one attached hydrogen (secondary N) is 2. The van der Waals surface area contributed by atoms with E-state index in [-0.39, 0.29) is 17.0 Å². The minimum absolute atomic E-state index is 0.135. The molecule has 0 spiro atoms. The number of urea groups is 1. The van der Waals surface area contributed by atoms with Crippen LogP contribution in [0.3, 0.4) is 0 Å². The molecule has 0 aliphatic rings. The first kappa shape index (κ1) is 17.0. The lowest BCUT2D eigenvalue weighted by Crippen LogP contribution is -2.49. The highest BCUT2D eigenvalue weighted by Crippen LogP contribution is 2.26. The third-order valence-corrected chi connectivity index (χ3v) is 2.77. The van der Waals surface area contributed by atoms with Crippen molar-refractivity contribution in [1.29, 1.82) is 0 Å². The zero-order valence-corrected chi connectivity index (χ0v) is 13.3. The highest BCUT2D eigenvalue weighted by atomic mass is 16.2. The summed E-state index contributed by atoms with van der Waals surface area (Å²) in [6.45, 7) is 16.9. The molecular formula is C15H30N2O. The van der Waals surface area contributed by atoms with Crippen molar-refractivity contribution in [3.8, 4) is 0 Å². The van der Waals surface area contributed by atoms with Crippen LogP contribution in [-0.2, 0) is 0 Å². The molecule has 3 heteroatoms. The molecule has 3 nitrogen and oxygen atoms in total. The van der Waals surface area contributed by atoms with Gasteiger partial charge in [0.15, 0.2) is 0 Å². The van der Waals surface area contributed by atoms with Crippen LogP contribution < -0.4 is 10.6 Å². The van der Waals surface area contributed by atoms with Gasteiger partial charge in [-0.2, -0.15) is 0 Å². The van der Waals surface area contributed by atoms with E-state index in [1.807, 2.05) is 6.92 Å². The Labute approximate surface area is 112 Å². The van der Waals surface area contributed by atoms with Crippen LogP contribution in [0.15, 0.2) is 11.8 Å². The minimum Gasteiger partial charge on any atom is -0.333 e. The molecule has 0 saturated heterocycles. The smallest absolute Gasteiger partial charge is 0.319 e. The molecule has 0 radical (unpaired) electrons. The van der Waals surface area contributed by atoms with Crippen molar-refractivity contribution in [3.63, 3.8) is 0 Å². The fourth-order valence-electron chi connectivity index (χ4n) is 2.06. The van der Waals surface area contributed by atoms with Crippen LogP contribution in [0.2, 0.25) is 0 Å². The molecule has 18 heavy (non-hydrogen) atoms. The number of allylic oxidation sites excluding steroid dienone is 1. The average molecular weight is 254 g/mol. The Balaban J connectivity index is 4.36. The predicted octanol–water partition coefficient (Wildman–Crippen LogP) is 4.06. The predicted molar refractivity (Wildman–Crippen MR) is 78.4 cm³/mol. The molecule has 0 saturated carbocycles. The van der Waals surface area contributed by atoms with Gasteiger partial charge in [0.05, 0.1) is 0 Å². The van der Waals surface area contributed by atoms with Crippen molar-refractivity contribution in [2.24, 2.45) is 11.3 Å². The van der Waals surface area contributed by atoms with Gasteiger partial charge in [-0.05, 0) is 38.5 Å². The Kier molecular flexibility index (Phi) is 5.91. The number of hydrogen-bond acceptors (Lipinski definition) is 1. The van der Waals surface area contributed by atoms with Gasteiger partial charge in [0.1, 0.15) is 0 Å². The zero-order valence-electron chi connectivity index (χ0n) is 13.3. The number of carbonyl (C=O) groups excluding carboxylic acids is 1. The third-order valence-electron chi connectivity index (χ3n) is 2.77. The fraction of sp³-hybridized carbons (Fsp3) is 0.800. The molecule has 0 unspecified atom stereocenters. The molecule has 106 valence electrons. The molecule has 0 aromatic heterocycles. The van der Waals surface area contributed by atoms with Crippen molar-refractivity contribution >= 4 is 6.03 Å². The van der Waals surface area contributed by atoms with Gasteiger partial charge in [0.25, 0.3) is 0 Å². The van der Waals surface area contributed by atoms with E-state index in [1.165, 1.54) is 5.57 Å². The zero-order chi connectivity index (χ0) is 14.6. The Bertz CT molecular complexity index is 309. The minimum atomic E-state index is -0.206. The molecule has 0 fully saturated rings. The SMILES string of the molecule is C/C(=C\NC(=O)NC(C)(C)CC(C)(C)C)C(C)C. The van der Waals surface area contributed by atoms with E-state index in [0.29, 0.717) is 5.92 Å². The summed E-state index contributed by atoms with van der Waals surface area (Å²) in [5.41, 5.74) is 1.15. The molecule has 0 aromatic carbocycles. The number of rotatable bonds is 4. The average Bonchev–Trinajstić information content (AvgIpc) is 2.08. The maximum absolute atomic E-state index is 11.8. The number of amides is 2. The molecule has 0 heterocycles. The van der Waals surface area contributed by atoms with E-state index in [4.69, 9.17) is 0 Å². The van der Waals surface area contributed by atoms with E-state index in [1.54, 1.807) is 6.20 Å². The molecule has 0 bridgehead atoms. The molecular weight excluding hydrogens is 224 g/mol. The van der Waals surface area contributed by atoms with Gasteiger partial charge in [-0.3, -0.25) is 0 Å². The Morgan fingerprint density at radius 1 is 1.17 bits per heavy atom. The van der Waals surface area contributed by atoms with Crippen LogP contribution in [0.1, 0.15) is 61.8 Å². The van der Waals surface area contributed by atoms with E-state index in [0.717, 1.165) is 6.42 Å². The molecule has 0 atom stereocenters. The molecule has 0 aliphatic carbocycles. The van der Waals surface area contributed by atoms with Crippen LogP contribution in [0.4, 0.5) is 4.79 Å². The van der Waals surface area contributed by atoms with E-state index in [9.17, 15) is 4.79 Å². The first-order valence-corrected chi connectivity index (χ1v) is 6.68. The van der Waals surface area contributed by atoms with Crippen molar-refractivity contribution < 1.29 is 4.79 Å². The summed E-state index contributed by atoms with van der Waals surface area (Å²) < 4.78 is 0. The summed E-state index contributed by atoms with van der Waals surface area (Å²) in [7, 11) is 0. The topological polar surface area (TPSA) is 41.1 Å². The highest BCUT2D eigenvalue weighted by Gasteiger charge is 2.26. The standard InChI is InChI=1S/C15H30N2O/c1-11(2)12(3)9-16-13(18)17-15(7,8)10-14(4,5)6/h9,11H,10H2,1-8H3,(H2,16,17,18)/b12-9+. The van der Waals surface area contributed by atoms with Crippen LogP contribution in [0.5, 0.6) is 0 Å². The van der Waals surface area contributed by atoms with E-state index < -0.39 is 0 Å². The quantitative estimate of drug-likeness (QED) is 0.780. The summed E-state index contributed by atoms with van der Waals surface area (Å²) in [4.78, 5) is 11.8. The lowest BCUT2D eigenvalue weighted by molar-refractivity contribution is 0.213. The van der Waals surface area contributed by atoms with Gasteiger partial charge in [-0.25, -0.2) is 4.79 Å². The normalized spacial score (nSPS) is 13.7. The molecule has 0 aliphatic heterocycles. The highest BCUT2D eigenvalue weighted by molar-refractivity contribution is 5.75. The van der Waals surface area contributed by atoms with Crippen molar-refractivity contribution in [2.45, 2.75) is 67.3 Å². The van der Waals surface area contributed by atoms with Gasteiger partial charge < -0.3 is 10.6 Å². The Morgan fingerprint density at radius 3 is 2.06 bits per heavy atom. The lowest BCUT2D eigenvalue weighted by atomic mass is 9.82. The second-order valence-corrected chi connectivity index (χ2v) is 7.26. The maximum atomic E-state index is 11.8. The summed E-state index contributed by atoms with van der Waals surface area (Å²) in [5.74, 6) is 0.452. The Morgan fingerprint density at radius 2 is 1.67 bits per heavy atom. The van der Waals surface area contributed by atoms with Gasteiger partial charge in [0, 0.05) is 11.7 Å². The van der Waals surface area contributed by atoms with Gasteiger partial charge in [-0.15, -0.1) is 0 Å². The first-order chi connectivity index (χ1) is 7.93. The summed E-state index contributed by atoms with van der Waals surface area (Å²) >= 11 is 0. The summed E-state index contributed by atoms with van der Waals surface area (Å²) in [5, 5.41) is 5.81. The summed E-state index contributed by atoms with van der Waals surface area (Å²) in [6, 6.07) is -0.135. The second kappa shape index (κ2) is 6.26. The van der Waals surface area contributed by atoms with Crippen molar-refractivity contribution in [3.05, 3.63) is 11.8 Å². The van der Waals surface area contributed by atoms with Crippen molar-refractivity contribution in [1.82, 2.24) is 10.6 Å². The lowest BCUT2D eigenvalue weighted by Gasteiger charge is -2.33. The van der Waals surface area contributed by atoms with Gasteiger partial charge >= 0.3 is 6.03 Å². The largest absolute Gasteiger partial charge is 0.333 e. The monoisotopic (exact) mass is 254 g/mol. The molecule has 0 aromatic rings. The van der Waals surface area contributed by atoms with Crippen LogP contribution in [-0.4, -0.2) is 11.6 Å². The molecule has 2 N–H and O–H groups in total. The molecule has 0 rings (SSSR count). The van der Waals surface area contributed by atoms with Crippen LogP contribution >= 0.6 is 0 Å². The Hall–Kier alpha value is -0.990. The molecule has 2 amide bonds.